The Morgan fingerprint density at radius 1 is 1.25 bits per heavy atom. The Balaban J connectivity index is 2.33. The molecule has 2 aromatic rings. The standard InChI is InChI=1S/C17H17F2NO3S/c1-17(2,3)13(21)9-14-20-15(22)12(24-14)8-10-4-6-11(7-5-10)23-16(18)19/h4-9,16H,1-3H3,(H,20,22). The average molecular weight is 353 g/mol. The van der Waals surface area contributed by atoms with Gasteiger partial charge < -0.3 is 9.72 Å². The first-order chi connectivity index (χ1) is 11.1. The minimum absolute atomic E-state index is 0.0482. The molecule has 1 aromatic heterocycles. The number of carbonyl (C=O) groups is 1. The summed E-state index contributed by atoms with van der Waals surface area (Å²) >= 11 is 1.16. The summed E-state index contributed by atoms with van der Waals surface area (Å²) in [6.45, 7) is 2.52. The number of aromatic nitrogens is 1. The van der Waals surface area contributed by atoms with Crippen molar-refractivity contribution in [3.63, 3.8) is 0 Å². The monoisotopic (exact) mass is 353 g/mol. The highest BCUT2D eigenvalue weighted by Crippen LogP contribution is 2.15. The highest BCUT2D eigenvalue weighted by Gasteiger charge is 2.18. The van der Waals surface area contributed by atoms with Gasteiger partial charge in [-0.1, -0.05) is 32.9 Å². The molecule has 0 spiro atoms. The maximum absolute atomic E-state index is 12.1. The molecule has 0 unspecified atom stereocenters. The van der Waals surface area contributed by atoms with Crippen LogP contribution in [0, 0.1) is 5.41 Å². The first kappa shape index (κ1) is 18.1. The summed E-state index contributed by atoms with van der Waals surface area (Å²) in [5.41, 5.74) is -0.163. The second kappa shape index (κ2) is 7.09. The van der Waals surface area contributed by atoms with E-state index in [9.17, 15) is 18.4 Å². The molecule has 128 valence electrons. The van der Waals surface area contributed by atoms with Crippen LogP contribution in [-0.4, -0.2) is 17.4 Å². The van der Waals surface area contributed by atoms with Gasteiger partial charge >= 0.3 is 6.61 Å². The third-order valence-electron chi connectivity index (χ3n) is 3.08. The summed E-state index contributed by atoms with van der Waals surface area (Å²) in [6.07, 6.45) is 3.04. The van der Waals surface area contributed by atoms with E-state index >= 15 is 0 Å². The Bertz CT molecular complexity index is 890. The van der Waals surface area contributed by atoms with Gasteiger partial charge in [0.15, 0.2) is 5.78 Å². The number of rotatable bonds is 4. The lowest BCUT2D eigenvalue weighted by Crippen LogP contribution is -2.22. The summed E-state index contributed by atoms with van der Waals surface area (Å²) in [6, 6.07) is 5.94. The van der Waals surface area contributed by atoms with E-state index < -0.39 is 12.0 Å². The molecular formula is C17H17F2NO3S. The van der Waals surface area contributed by atoms with Gasteiger partial charge in [0.1, 0.15) is 5.75 Å². The number of halogens is 2. The molecule has 0 saturated carbocycles. The number of nitrogens with one attached hydrogen (secondary N) is 1. The summed E-state index contributed by atoms with van der Waals surface area (Å²) in [5.74, 6) is -0.0351. The van der Waals surface area contributed by atoms with Crippen molar-refractivity contribution in [2.45, 2.75) is 27.4 Å². The predicted octanol–water partition coefficient (Wildman–Crippen LogP) is 2.26. The van der Waals surface area contributed by atoms with Crippen molar-refractivity contribution in [2.24, 2.45) is 5.41 Å². The van der Waals surface area contributed by atoms with Gasteiger partial charge in [0.2, 0.25) is 0 Å². The number of hydrogen-bond acceptors (Lipinski definition) is 4. The van der Waals surface area contributed by atoms with Crippen LogP contribution >= 0.6 is 11.3 Å². The SMILES string of the molecule is CC(C)(C)C(=O)C=c1[nH]c(=O)c(=Cc2ccc(OC(F)F)cc2)s1. The van der Waals surface area contributed by atoms with Crippen molar-refractivity contribution >= 4 is 29.3 Å². The summed E-state index contributed by atoms with van der Waals surface area (Å²) in [4.78, 5) is 26.6. The zero-order valence-electron chi connectivity index (χ0n) is 13.4. The van der Waals surface area contributed by atoms with Crippen LogP contribution in [0.1, 0.15) is 26.3 Å². The smallest absolute Gasteiger partial charge is 0.387 e. The molecule has 0 aliphatic carbocycles. The molecule has 0 bridgehead atoms. The molecule has 0 atom stereocenters. The summed E-state index contributed by atoms with van der Waals surface area (Å²) < 4.78 is 29.4. The number of ketones is 1. The third-order valence-corrected chi connectivity index (χ3v) is 4.05. The Kier molecular flexibility index (Phi) is 5.33. The molecule has 0 amide bonds. The van der Waals surface area contributed by atoms with Crippen molar-refractivity contribution in [1.82, 2.24) is 4.98 Å². The molecule has 0 aliphatic heterocycles. The van der Waals surface area contributed by atoms with Gasteiger partial charge in [-0.25, -0.2) is 0 Å². The molecule has 1 N–H and O–H groups in total. The number of benzene rings is 1. The van der Waals surface area contributed by atoms with Gasteiger partial charge in [-0.05, 0) is 23.8 Å². The number of alkyl halides is 2. The zero-order valence-corrected chi connectivity index (χ0v) is 14.2. The second-order valence-corrected chi connectivity index (χ2v) is 7.22. The van der Waals surface area contributed by atoms with Crippen LogP contribution in [0.4, 0.5) is 8.78 Å². The van der Waals surface area contributed by atoms with Gasteiger partial charge in [-0.2, -0.15) is 8.78 Å². The van der Waals surface area contributed by atoms with E-state index in [2.05, 4.69) is 9.72 Å². The Labute approximate surface area is 141 Å². The second-order valence-electron chi connectivity index (χ2n) is 6.14. The normalized spacial score (nSPS) is 13.6. The molecule has 1 aromatic carbocycles. The minimum Gasteiger partial charge on any atom is -0.435 e. The van der Waals surface area contributed by atoms with E-state index in [0.29, 0.717) is 14.8 Å². The number of hydrogen-bond donors (Lipinski definition) is 1. The Hall–Kier alpha value is -2.28. The van der Waals surface area contributed by atoms with Crippen molar-refractivity contribution in [1.29, 1.82) is 0 Å². The molecule has 0 radical (unpaired) electrons. The molecule has 1 heterocycles. The van der Waals surface area contributed by atoms with Crippen LogP contribution < -0.4 is 19.5 Å². The highest BCUT2D eigenvalue weighted by molar-refractivity contribution is 7.07. The minimum atomic E-state index is -2.88. The Morgan fingerprint density at radius 2 is 1.88 bits per heavy atom. The predicted molar refractivity (Wildman–Crippen MR) is 89.8 cm³/mol. The van der Waals surface area contributed by atoms with Crippen molar-refractivity contribution < 1.29 is 18.3 Å². The molecule has 7 heteroatoms. The zero-order chi connectivity index (χ0) is 17.9. The number of ether oxygens (including phenoxy) is 1. The molecule has 0 saturated heterocycles. The highest BCUT2D eigenvalue weighted by atomic mass is 32.1. The number of H-pyrrole nitrogens is 1. The summed E-state index contributed by atoms with van der Waals surface area (Å²) in [5, 5.41) is 0. The number of carbonyl (C=O) groups excluding carboxylic acids is 1. The van der Waals surface area contributed by atoms with Crippen LogP contribution in [-0.2, 0) is 4.79 Å². The molecule has 0 fully saturated rings. The lowest BCUT2D eigenvalue weighted by molar-refractivity contribution is -0.120. The molecule has 4 nitrogen and oxygen atoms in total. The largest absolute Gasteiger partial charge is 0.435 e. The fraction of sp³-hybridized carbons (Fsp3) is 0.294. The first-order valence-corrected chi connectivity index (χ1v) is 7.99. The van der Waals surface area contributed by atoms with E-state index in [1.165, 1.54) is 18.2 Å². The molecule has 0 aliphatic rings. The average Bonchev–Trinajstić information content (AvgIpc) is 2.79. The summed E-state index contributed by atoms with van der Waals surface area (Å²) in [7, 11) is 0. The molecule has 2 rings (SSSR count). The van der Waals surface area contributed by atoms with Crippen LogP contribution in [0.2, 0.25) is 0 Å². The lowest BCUT2D eigenvalue weighted by Gasteiger charge is -2.12. The van der Waals surface area contributed by atoms with E-state index in [-0.39, 0.29) is 17.1 Å². The van der Waals surface area contributed by atoms with Gasteiger partial charge in [0.25, 0.3) is 5.56 Å². The maximum atomic E-state index is 12.1. The van der Waals surface area contributed by atoms with E-state index in [0.717, 1.165) is 11.3 Å². The first-order valence-electron chi connectivity index (χ1n) is 7.17. The van der Waals surface area contributed by atoms with Gasteiger partial charge in [-0.3, -0.25) is 9.59 Å². The molecule has 24 heavy (non-hydrogen) atoms. The van der Waals surface area contributed by atoms with Gasteiger partial charge in [-0.15, -0.1) is 11.3 Å². The third kappa shape index (κ3) is 4.86. The number of aromatic amines is 1. The van der Waals surface area contributed by atoms with Gasteiger partial charge in [0.05, 0.1) is 9.20 Å². The van der Waals surface area contributed by atoms with Crippen molar-refractivity contribution in [3.05, 3.63) is 49.4 Å². The van der Waals surface area contributed by atoms with Crippen LogP contribution in [0.15, 0.2) is 29.1 Å². The fourth-order valence-corrected chi connectivity index (χ4v) is 2.64. The van der Waals surface area contributed by atoms with Crippen LogP contribution in [0.3, 0.4) is 0 Å². The van der Waals surface area contributed by atoms with E-state index in [1.54, 1.807) is 39.0 Å². The number of Topliss-reactive ketones (excluding diaryl/α,β-unsaturated/α-hetero) is 1. The van der Waals surface area contributed by atoms with E-state index in [4.69, 9.17) is 0 Å². The number of thiazole rings is 1. The van der Waals surface area contributed by atoms with Gasteiger partial charge in [0, 0.05) is 11.5 Å². The maximum Gasteiger partial charge on any atom is 0.387 e. The lowest BCUT2D eigenvalue weighted by atomic mass is 9.91. The van der Waals surface area contributed by atoms with Crippen molar-refractivity contribution in [3.8, 4) is 5.75 Å². The topological polar surface area (TPSA) is 59.2 Å². The van der Waals surface area contributed by atoms with Crippen LogP contribution in [0.25, 0.3) is 12.2 Å². The fourth-order valence-electron chi connectivity index (χ4n) is 1.76. The molecular weight excluding hydrogens is 336 g/mol. The van der Waals surface area contributed by atoms with Crippen LogP contribution in [0.5, 0.6) is 5.75 Å². The quantitative estimate of drug-likeness (QED) is 0.917. The van der Waals surface area contributed by atoms with Crippen molar-refractivity contribution in [2.75, 3.05) is 0 Å². The van der Waals surface area contributed by atoms with E-state index in [1.807, 2.05) is 0 Å². The Morgan fingerprint density at radius 3 is 2.42 bits per heavy atom.